The predicted octanol–water partition coefficient (Wildman–Crippen LogP) is 4.09. The first-order chi connectivity index (χ1) is 16.5. The van der Waals surface area contributed by atoms with Crippen LogP contribution in [-0.2, 0) is 9.59 Å². The highest BCUT2D eigenvalue weighted by molar-refractivity contribution is 6.05. The van der Waals surface area contributed by atoms with Crippen LogP contribution in [0.5, 0.6) is 11.5 Å². The molecule has 174 valence electrons. The van der Waals surface area contributed by atoms with E-state index in [4.69, 9.17) is 9.47 Å². The van der Waals surface area contributed by atoms with Gasteiger partial charge in [-0.25, -0.2) is 0 Å². The van der Waals surface area contributed by atoms with E-state index in [1.165, 1.54) is 7.11 Å². The van der Waals surface area contributed by atoms with Crippen molar-refractivity contribution < 1.29 is 23.9 Å². The van der Waals surface area contributed by atoms with E-state index in [1.807, 2.05) is 24.3 Å². The molecule has 0 bridgehead atoms. The minimum absolute atomic E-state index is 0.122. The number of methoxy groups -OCH3 is 1. The van der Waals surface area contributed by atoms with E-state index in [-0.39, 0.29) is 24.3 Å². The Morgan fingerprint density at radius 1 is 0.941 bits per heavy atom. The van der Waals surface area contributed by atoms with Gasteiger partial charge in [0.25, 0.3) is 11.8 Å². The van der Waals surface area contributed by atoms with Gasteiger partial charge >= 0.3 is 0 Å². The summed E-state index contributed by atoms with van der Waals surface area (Å²) in [5.41, 5.74) is 2.39. The number of nitrogens with one attached hydrogen (secondary N) is 2. The fourth-order valence-electron chi connectivity index (χ4n) is 3.64. The molecule has 3 aromatic rings. The summed E-state index contributed by atoms with van der Waals surface area (Å²) in [7, 11) is 1.54. The Balaban J connectivity index is 1.27. The van der Waals surface area contributed by atoms with Crippen molar-refractivity contribution in [2.24, 2.45) is 0 Å². The van der Waals surface area contributed by atoms with Crippen LogP contribution in [0.3, 0.4) is 0 Å². The summed E-state index contributed by atoms with van der Waals surface area (Å²) in [5, 5.41) is 5.55. The Morgan fingerprint density at radius 2 is 1.68 bits per heavy atom. The summed E-state index contributed by atoms with van der Waals surface area (Å²) in [6.45, 7) is 0.556. The summed E-state index contributed by atoms with van der Waals surface area (Å²) < 4.78 is 10.8. The third-order valence-electron chi connectivity index (χ3n) is 5.38. The molecule has 0 unspecified atom stereocenters. The molecule has 1 heterocycles. The van der Waals surface area contributed by atoms with Crippen LogP contribution in [0.1, 0.15) is 23.2 Å². The molecule has 0 spiro atoms. The molecule has 1 saturated heterocycles. The monoisotopic (exact) mass is 459 g/mol. The van der Waals surface area contributed by atoms with Crippen molar-refractivity contribution in [3.05, 3.63) is 78.4 Å². The van der Waals surface area contributed by atoms with E-state index in [2.05, 4.69) is 10.6 Å². The molecule has 0 aliphatic carbocycles. The Bertz CT molecular complexity index is 1180. The number of carbonyl (C=O) groups excluding carboxylic acids is 3. The zero-order valence-corrected chi connectivity index (χ0v) is 18.7. The van der Waals surface area contributed by atoms with Gasteiger partial charge in [-0.15, -0.1) is 0 Å². The largest absolute Gasteiger partial charge is 0.495 e. The third-order valence-corrected chi connectivity index (χ3v) is 5.38. The quantitative estimate of drug-likeness (QED) is 0.529. The van der Waals surface area contributed by atoms with Crippen molar-refractivity contribution >= 4 is 34.8 Å². The number of hydrogen-bond acceptors (Lipinski definition) is 5. The van der Waals surface area contributed by atoms with E-state index in [9.17, 15) is 14.4 Å². The lowest BCUT2D eigenvalue weighted by Crippen LogP contribution is -2.23. The van der Waals surface area contributed by atoms with Gasteiger partial charge < -0.3 is 25.0 Å². The lowest BCUT2D eigenvalue weighted by Gasteiger charge is -2.16. The zero-order valence-electron chi connectivity index (χ0n) is 18.7. The van der Waals surface area contributed by atoms with Crippen molar-refractivity contribution in [1.82, 2.24) is 0 Å². The molecule has 2 N–H and O–H groups in total. The van der Waals surface area contributed by atoms with Crippen molar-refractivity contribution in [2.75, 3.05) is 35.8 Å². The molecule has 0 saturated carbocycles. The van der Waals surface area contributed by atoms with Crippen molar-refractivity contribution in [1.29, 1.82) is 0 Å². The molecule has 4 rings (SSSR count). The molecule has 34 heavy (non-hydrogen) atoms. The second kappa shape index (κ2) is 10.5. The topological polar surface area (TPSA) is 97.0 Å². The molecule has 1 aliphatic heterocycles. The molecule has 1 aliphatic rings. The maximum atomic E-state index is 12.5. The fraction of sp³-hybridized carbons (Fsp3) is 0.192. The summed E-state index contributed by atoms with van der Waals surface area (Å²) in [4.78, 5) is 38.3. The first kappa shape index (κ1) is 22.8. The lowest BCUT2D eigenvalue weighted by molar-refractivity contribution is -0.118. The first-order valence-electron chi connectivity index (χ1n) is 10.9. The highest BCUT2D eigenvalue weighted by Crippen LogP contribution is 2.25. The third kappa shape index (κ3) is 5.53. The van der Waals surface area contributed by atoms with Gasteiger partial charge in [0, 0.05) is 29.9 Å². The smallest absolute Gasteiger partial charge is 0.262 e. The summed E-state index contributed by atoms with van der Waals surface area (Å²) >= 11 is 0. The predicted molar refractivity (Wildman–Crippen MR) is 130 cm³/mol. The molecular weight excluding hydrogens is 434 g/mol. The van der Waals surface area contributed by atoms with Gasteiger partial charge in [-0.05, 0) is 67.1 Å². The van der Waals surface area contributed by atoms with Crippen LogP contribution in [0.25, 0.3) is 0 Å². The number of anilines is 3. The molecule has 0 atom stereocenters. The van der Waals surface area contributed by atoms with Crippen LogP contribution in [0.2, 0.25) is 0 Å². The molecule has 0 aromatic heterocycles. The van der Waals surface area contributed by atoms with Crippen LogP contribution in [0.4, 0.5) is 17.1 Å². The van der Waals surface area contributed by atoms with E-state index in [0.29, 0.717) is 34.9 Å². The number of hydrogen-bond donors (Lipinski definition) is 2. The van der Waals surface area contributed by atoms with Gasteiger partial charge in [0.15, 0.2) is 6.61 Å². The number of carbonyl (C=O) groups is 3. The summed E-state index contributed by atoms with van der Waals surface area (Å²) in [6, 6.07) is 20.8. The van der Waals surface area contributed by atoms with Crippen LogP contribution < -0.4 is 25.0 Å². The average Bonchev–Trinajstić information content (AvgIpc) is 3.29. The van der Waals surface area contributed by atoms with Crippen LogP contribution in [-0.4, -0.2) is 38.0 Å². The minimum Gasteiger partial charge on any atom is -0.495 e. The van der Waals surface area contributed by atoms with Gasteiger partial charge in [-0.2, -0.15) is 0 Å². The second-order valence-electron chi connectivity index (χ2n) is 7.71. The first-order valence-corrected chi connectivity index (χ1v) is 10.9. The lowest BCUT2D eigenvalue weighted by atomic mass is 10.2. The Hall–Kier alpha value is -4.33. The van der Waals surface area contributed by atoms with Crippen molar-refractivity contribution in [2.45, 2.75) is 12.8 Å². The van der Waals surface area contributed by atoms with Crippen molar-refractivity contribution in [3.8, 4) is 11.5 Å². The van der Waals surface area contributed by atoms with Gasteiger partial charge in [0.2, 0.25) is 5.91 Å². The number of amides is 3. The Kier molecular flexibility index (Phi) is 7.07. The highest BCUT2D eigenvalue weighted by Gasteiger charge is 2.21. The zero-order chi connectivity index (χ0) is 23.9. The number of para-hydroxylation sites is 2. The minimum atomic E-state index is -0.329. The van der Waals surface area contributed by atoms with Gasteiger partial charge in [-0.1, -0.05) is 12.1 Å². The summed E-state index contributed by atoms with van der Waals surface area (Å²) in [6.07, 6.45) is 1.44. The normalized spacial score (nSPS) is 12.9. The van der Waals surface area contributed by atoms with E-state index < -0.39 is 0 Å². The Morgan fingerprint density at radius 3 is 2.35 bits per heavy atom. The maximum Gasteiger partial charge on any atom is 0.262 e. The molecular formula is C26H25N3O5. The Labute approximate surface area is 197 Å². The molecule has 3 aromatic carbocycles. The van der Waals surface area contributed by atoms with Gasteiger partial charge in [-0.3, -0.25) is 14.4 Å². The van der Waals surface area contributed by atoms with Gasteiger partial charge in [0.05, 0.1) is 12.8 Å². The van der Waals surface area contributed by atoms with E-state index in [0.717, 1.165) is 18.7 Å². The number of ether oxygens (including phenoxy) is 2. The highest BCUT2D eigenvalue weighted by atomic mass is 16.5. The fourth-order valence-corrected chi connectivity index (χ4v) is 3.64. The van der Waals surface area contributed by atoms with E-state index >= 15 is 0 Å². The SMILES string of the molecule is COc1ccccc1NC(=O)c1ccc(NC(=O)COc2ccc(N3CCCC3=O)cc2)cc1. The number of benzene rings is 3. The van der Waals surface area contributed by atoms with Crippen LogP contribution in [0.15, 0.2) is 72.8 Å². The molecule has 1 fully saturated rings. The number of rotatable bonds is 8. The average molecular weight is 460 g/mol. The van der Waals surface area contributed by atoms with Gasteiger partial charge in [0.1, 0.15) is 11.5 Å². The van der Waals surface area contributed by atoms with E-state index in [1.54, 1.807) is 53.4 Å². The molecule has 8 nitrogen and oxygen atoms in total. The maximum absolute atomic E-state index is 12.5. The second-order valence-corrected chi connectivity index (χ2v) is 7.71. The molecule has 8 heteroatoms. The summed E-state index contributed by atoms with van der Waals surface area (Å²) in [5.74, 6) is 0.610. The van der Waals surface area contributed by atoms with Crippen LogP contribution >= 0.6 is 0 Å². The van der Waals surface area contributed by atoms with Crippen LogP contribution in [0, 0.1) is 0 Å². The standard InChI is InChI=1S/C26H25N3O5/c1-33-23-6-3-2-5-22(23)28-26(32)18-8-10-19(11-9-18)27-24(30)17-34-21-14-12-20(13-15-21)29-16-4-7-25(29)31/h2-3,5-6,8-15H,4,7,16-17H2,1H3,(H,27,30)(H,28,32). The van der Waals surface area contributed by atoms with Crippen molar-refractivity contribution in [3.63, 3.8) is 0 Å². The number of nitrogens with zero attached hydrogens (tertiary/aromatic N) is 1. The molecule has 0 radical (unpaired) electrons. The molecule has 3 amide bonds.